The maximum Gasteiger partial charge on any atom is 0.252 e. The Morgan fingerprint density at radius 1 is 1.09 bits per heavy atom. The first-order chi connectivity index (χ1) is 16.9. The number of carbonyl (C=O) groups excluding carboxylic acids is 2. The van der Waals surface area contributed by atoms with Gasteiger partial charge in [-0.3, -0.25) is 9.59 Å². The van der Waals surface area contributed by atoms with Crippen molar-refractivity contribution in [3.8, 4) is 0 Å². The number of amides is 2. The summed E-state index contributed by atoms with van der Waals surface area (Å²) in [4.78, 5) is 26.3. The molecule has 1 aromatic carbocycles. The summed E-state index contributed by atoms with van der Waals surface area (Å²) in [5.41, 5.74) is 2.82. The maximum atomic E-state index is 13.4. The van der Waals surface area contributed by atoms with Crippen molar-refractivity contribution in [2.45, 2.75) is 64.1 Å². The fourth-order valence-corrected chi connectivity index (χ4v) is 5.18. The molecule has 0 aliphatic rings. The lowest BCUT2D eigenvalue weighted by Crippen LogP contribution is -2.47. The first-order valence-corrected chi connectivity index (χ1v) is 15.1. The molecule has 194 valence electrons. The van der Waals surface area contributed by atoms with Crippen molar-refractivity contribution in [2.24, 2.45) is 0 Å². The summed E-state index contributed by atoms with van der Waals surface area (Å²) in [5.74, 6) is 2.37. The molecule has 35 heavy (non-hydrogen) atoms. The van der Waals surface area contributed by atoms with Gasteiger partial charge >= 0.3 is 0 Å². The Labute approximate surface area is 219 Å². The van der Waals surface area contributed by atoms with Crippen LogP contribution in [0, 0.1) is 0 Å². The zero-order chi connectivity index (χ0) is 25.6. The fraction of sp³-hybridized carbons (Fsp3) is 0.556. The SMILES string of the molecule is CN[C@H](CCCc1ccc(C(C)C)c(C(=O)N[C@@H](CCSC)C(=O)NCc2ccco2)c1)CSC. The van der Waals surface area contributed by atoms with E-state index in [1.165, 1.54) is 0 Å². The highest BCUT2D eigenvalue weighted by molar-refractivity contribution is 7.98. The summed E-state index contributed by atoms with van der Waals surface area (Å²) in [6.45, 7) is 4.48. The number of furan rings is 1. The Balaban J connectivity index is 2.11. The van der Waals surface area contributed by atoms with Gasteiger partial charge in [-0.2, -0.15) is 23.5 Å². The number of benzene rings is 1. The Bertz CT molecular complexity index is 903. The van der Waals surface area contributed by atoms with Crippen molar-refractivity contribution < 1.29 is 14.0 Å². The number of hydrogen-bond acceptors (Lipinski definition) is 6. The molecule has 0 bridgehead atoms. The molecule has 6 nitrogen and oxygen atoms in total. The highest BCUT2D eigenvalue weighted by atomic mass is 32.2. The summed E-state index contributed by atoms with van der Waals surface area (Å²) in [6, 6.07) is 9.72. The third kappa shape index (κ3) is 9.94. The summed E-state index contributed by atoms with van der Waals surface area (Å²) in [7, 11) is 2.01. The lowest BCUT2D eigenvalue weighted by molar-refractivity contribution is -0.123. The molecule has 0 unspecified atom stereocenters. The lowest BCUT2D eigenvalue weighted by atomic mass is 9.93. The predicted molar refractivity (Wildman–Crippen MR) is 150 cm³/mol. The topological polar surface area (TPSA) is 83.4 Å². The van der Waals surface area contributed by atoms with Crippen molar-refractivity contribution in [2.75, 3.05) is 31.1 Å². The molecular formula is C27H41N3O3S2. The standard InChI is InChI=1S/C27H41N3O3S2/c1-19(2)23-12-11-20(8-6-9-21(28-3)18-35-5)16-24(23)26(31)30-25(13-15-34-4)27(32)29-17-22-10-7-14-33-22/h7,10-12,14,16,19,21,25,28H,6,8-9,13,15,17-18H2,1-5H3,(H,29,32)(H,30,31)/t21-,25+/m1/s1. The highest BCUT2D eigenvalue weighted by Gasteiger charge is 2.23. The van der Waals surface area contributed by atoms with Crippen LogP contribution in [-0.2, 0) is 17.8 Å². The molecule has 2 amide bonds. The molecule has 0 aliphatic carbocycles. The first-order valence-electron chi connectivity index (χ1n) is 12.3. The predicted octanol–water partition coefficient (Wildman–Crippen LogP) is 4.84. The number of rotatable bonds is 16. The van der Waals surface area contributed by atoms with Gasteiger partial charge in [0.15, 0.2) is 0 Å². The first kappa shape index (κ1) is 29.3. The van der Waals surface area contributed by atoms with Gasteiger partial charge in [0, 0.05) is 17.4 Å². The van der Waals surface area contributed by atoms with Gasteiger partial charge in [-0.05, 0) is 86.2 Å². The summed E-state index contributed by atoms with van der Waals surface area (Å²) in [6.07, 6.45) is 9.34. The molecule has 8 heteroatoms. The van der Waals surface area contributed by atoms with Crippen molar-refractivity contribution >= 4 is 35.3 Å². The zero-order valence-electron chi connectivity index (χ0n) is 21.7. The van der Waals surface area contributed by atoms with E-state index in [2.05, 4.69) is 48.2 Å². The van der Waals surface area contributed by atoms with Gasteiger partial charge in [0.2, 0.25) is 5.91 Å². The smallest absolute Gasteiger partial charge is 0.252 e. The van der Waals surface area contributed by atoms with Crippen LogP contribution in [-0.4, -0.2) is 55.0 Å². The van der Waals surface area contributed by atoms with Crippen molar-refractivity contribution in [1.82, 2.24) is 16.0 Å². The second-order valence-corrected chi connectivity index (χ2v) is 10.9. The summed E-state index contributed by atoms with van der Waals surface area (Å²) < 4.78 is 5.31. The molecule has 0 saturated heterocycles. The maximum absolute atomic E-state index is 13.4. The van der Waals surface area contributed by atoms with E-state index >= 15 is 0 Å². The van der Waals surface area contributed by atoms with Gasteiger partial charge in [0.05, 0.1) is 12.8 Å². The van der Waals surface area contributed by atoms with E-state index in [1.807, 2.05) is 37.2 Å². The molecule has 2 atom stereocenters. The lowest BCUT2D eigenvalue weighted by Gasteiger charge is -2.20. The summed E-state index contributed by atoms with van der Waals surface area (Å²) >= 11 is 3.51. The molecular weight excluding hydrogens is 478 g/mol. The third-order valence-electron chi connectivity index (χ3n) is 6.03. The average Bonchev–Trinajstić information content (AvgIpc) is 3.38. The number of carbonyl (C=O) groups is 2. The Morgan fingerprint density at radius 3 is 2.51 bits per heavy atom. The van der Waals surface area contributed by atoms with E-state index in [-0.39, 0.29) is 17.7 Å². The monoisotopic (exact) mass is 519 g/mol. The molecule has 0 saturated carbocycles. The van der Waals surface area contributed by atoms with Crippen molar-refractivity contribution in [1.29, 1.82) is 0 Å². The molecule has 1 heterocycles. The van der Waals surface area contributed by atoms with Crippen LogP contribution >= 0.6 is 23.5 Å². The molecule has 0 fully saturated rings. The van der Waals surface area contributed by atoms with E-state index in [0.717, 1.165) is 41.9 Å². The van der Waals surface area contributed by atoms with E-state index in [1.54, 1.807) is 24.1 Å². The van der Waals surface area contributed by atoms with Gasteiger partial charge in [-0.25, -0.2) is 0 Å². The third-order valence-corrected chi connectivity index (χ3v) is 7.41. The molecule has 0 radical (unpaired) electrons. The van der Waals surface area contributed by atoms with Crippen LogP contribution in [0.2, 0.25) is 0 Å². The minimum absolute atomic E-state index is 0.190. The van der Waals surface area contributed by atoms with E-state index in [0.29, 0.717) is 30.3 Å². The van der Waals surface area contributed by atoms with Crippen LogP contribution in [0.3, 0.4) is 0 Å². The Hall–Kier alpha value is -1.90. The Morgan fingerprint density at radius 2 is 1.89 bits per heavy atom. The molecule has 0 spiro atoms. The number of thioether (sulfide) groups is 2. The molecule has 2 aromatic rings. The van der Waals surface area contributed by atoms with Gasteiger partial charge in [0.1, 0.15) is 11.8 Å². The summed E-state index contributed by atoms with van der Waals surface area (Å²) in [5, 5.41) is 9.28. The molecule has 0 aliphatic heterocycles. The largest absolute Gasteiger partial charge is 0.467 e. The fourth-order valence-electron chi connectivity index (χ4n) is 3.97. The molecule has 2 rings (SSSR count). The van der Waals surface area contributed by atoms with Crippen molar-refractivity contribution in [3.05, 3.63) is 59.0 Å². The molecule has 1 aromatic heterocycles. The Kier molecular flexibility index (Phi) is 13.4. The van der Waals surface area contributed by atoms with Crippen molar-refractivity contribution in [3.63, 3.8) is 0 Å². The quantitative estimate of drug-likeness (QED) is 0.294. The molecule has 3 N–H and O–H groups in total. The average molecular weight is 520 g/mol. The van der Waals surface area contributed by atoms with Crippen LogP contribution in [0.4, 0.5) is 0 Å². The second kappa shape index (κ2) is 16.0. The highest BCUT2D eigenvalue weighted by Crippen LogP contribution is 2.22. The minimum atomic E-state index is -0.600. The number of aryl methyl sites for hydroxylation is 1. The van der Waals surface area contributed by atoms with E-state index < -0.39 is 6.04 Å². The van der Waals surface area contributed by atoms with Crippen LogP contribution in [0.15, 0.2) is 41.0 Å². The van der Waals surface area contributed by atoms with Crippen LogP contribution in [0.5, 0.6) is 0 Å². The van der Waals surface area contributed by atoms with Gasteiger partial charge in [-0.1, -0.05) is 26.0 Å². The normalized spacial score (nSPS) is 13.0. The van der Waals surface area contributed by atoms with E-state index in [9.17, 15) is 9.59 Å². The second-order valence-electron chi connectivity index (χ2n) is 9.01. The van der Waals surface area contributed by atoms with Gasteiger partial charge < -0.3 is 20.4 Å². The zero-order valence-corrected chi connectivity index (χ0v) is 23.3. The number of hydrogen-bond donors (Lipinski definition) is 3. The van der Waals surface area contributed by atoms with Crippen LogP contribution < -0.4 is 16.0 Å². The van der Waals surface area contributed by atoms with Gasteiger partial charge in [-0.15, -0.1) is 0 Å². The van der Waals surface area contributed by atoms with Crippen LogP contribution in [0.1, 0.15) is 66.3 Å². The van der Waals surface area contributed by atoms with E-state index in [4.69, 9.17) is 4.42 Å². The van der Waals surface area contributed by atoms with Crippen LogP contribution in [0.25, 0.3) is 0 Å². The van der Waals surface area contributed by atoms with Gasteiger partial charge in [0.25, 0.3) is 5.91 Å². The minimum Gasteiger partial charge on any atom is -0.467 e. The number of nitrogens with one attached hydrogen (secondary N) is 3.